The number of carbonyl (C=O) groups excluding carboxylic acids is 4. The Balaban J connectivity index is -0.000000353. The molecule has 0 saturated carbocycles. The zero-order valence-corrected chi connectivity index (χ0v) is 28.2. The highest BCUT2D eigenvalue weighted by Crippen LogP contribution is 2.34. The minimum atomic E-state index is 0. The molecule has 2 aliphatic rings. The lowest BCUT2D eigenvalue weighted by Crippen LogP contribution is -2.23. The van der Waals surface area contributed by atoms with E-state index in [2.05, 4.69) is 26.0 Å². The van der Waals surface area contributed by atoms with Crippen molar-refractivity contribution in [3.8, 4) is 0 Å². The van der Waals surface area contributed by atoms with Gasteiger partial charge in [-0.05, 0) is 117 Å². The monoisotopic (exact) mass is 649 g/mol. The first-order chi connectivity index (χ1) is 20.1. The van der Waals surface area contributed by atoms with Gasteiger partial charge in [-0.25, -0.2) is 0 Å². The van der Waals surface area contributed by atoms with Gasteiger partial charge in [-0.1, -0.05) is 105 Å². The van der Waals surface area contributed by atoms with E-state index in [4.69, 9.17) is 0 Å². The van der Waals surface area contributed by atoms with Gasteiger partial charge in [0.2, 0.25) is 0 Å². The second kappa shape index (κ2) is 30.5. The van der Waals surface area contributed by atoms with E-state index in [0.717, 1.165) is 70.6 Å². The summed E-state index contributed by atoms with van der Waals surface area (Å²) in [7, 11) is 0. The average Bonchev–Trinajstić information content (AvgIpc) is 2.95. The van der Waals surface area contributed by atoms with Gasteiger partial charge in [0.1, 0.15) is 23.1 Å². The highest BCUT2D eigenvalue weighted by atomic mass is 16.1. The van der Waals surface area contributed by atoms with Gasteiger partial charge in [-0.3, -0.25) is 9.59 Å². The zero-order valence-electron chi connectivity index (χ0n) is 28.2. The highest BCUT2D eigenvalue weighted by Gasteiger charge is 2.26. The third kappa shape index (κ3) is 23.5. The number of ketones is 4. The van der Waals surface area contributed by atoms with Crippen LogP contribution in [0.4, 0.5) is 0 Å². The smallest absolute Gasteiger partial charge is 0.133 e. The Morgan fingerprint density at radius 1 is 0.609 bits per heavy atom. The number of hydrogen-bond acceptors (Lipinski definition) is 4. The Bertz CT molecular complexity index is 880. The van der Waals surface area contributed by atoms with Gasteiger partial charge in [-0.15, -0.1) is 0 Å². The van der Waals surface area contributed by atoms with Gasteiger partial charge < -0.3 is 9.59 Å². The summed E-state index contributed by atoms with van der Waals surface area (Å²) in [6.45, 7) is 11.2. The lowest BCUT2D eigenvalue weighted by atomic mass is 9.76. The van der Waals surface area contributed by atoms with Crippen molar-refractivity contribution in [1.29, 1.82) is 0 Å². The van der Waals surface area contributed by atoms with Gasteiger partial charge in [0.05, 0.1) is 0 Å². The molecule has 0 bridgehead atoms. The largest absolute Gasteiger partial charge is 0.300 e. The first-order valence-electron chi connectivity index (χ1n) is 17.5. The third-order valence-electron chi connectivity index (χ3n) is 9.46. The van der Waals surface area contributed by atoms with Gasteiger partial charge >= 0.3 is 0 Å². The summed E-state index contributed by atoms with van der Waals surface area (Å²) in [5.41, 5.74) is 3.08. The van der Waals surface area contributed by atoms with Crippen molar-refractivity contribution in [2.24, 2.45) is 23.7 Å². The third-order valence-corrected chi connectivity index (χ3v) is 9.46. The lowest BCUT2D eigenvalue weighted by molar-refractivity contribution is -0.122. The van der Waals surface area contributed by atoms with Crippen molar-refractivity contribution < 1.29 is 19.2 Å². The molecule has 4 unspecified atom stereocenters. The number of rotatable bonds is 20. The summed E-state index contributed by atoms with van der Waals surface area (Å²) >= 11 is 0. The van der Waals surface area contributed by atoms with E-state index in [1.54, 1.807) is 33.3 Å². The second-order valence-electron chi connectivity index (χ2n) is 13.3. The summed E-state index contributed by atoms with van der Waals surface area (Å²) in [6, 6.07) is 0. The van der Waals surface area contributed by atoms with Crippen molar-refractivity contribution in [3.63, 3.8) is 0 Å². The summed E-state index contributed by atoms with van der Waals surface area (Å²) in [6.07, 6.45) is 27.1. The molecular weight excluding hydrogens is 568 g/mol. The molecule has 0 aromatic carbocycles. The molecule has 4 heteroatoms. The number of unbranched alkanes of at least 4 members (excludes halogenated alkanes) is 8. The Kier molecular flexibility index (Phi) is 33.8. The predicted octanol–water partition coefficient (Wildman–Crippen LogP) is 13.1. The zero-order chi connectivity index (χ0) is 31.3. The molecule has 0 heterocycles. The van der Waals surface area contributed by atoms with Crippen LogP contribution in [0.1, 0.15) is 200 Å². The summed E-state index contributed by atoms with van der Waals surface area (Å²) in [5, 5.41) is 0. The second-order valence-corrected chi connectivity index (χ2v) is 13.3. The van der Waals surface area contributed by atoms with Crippen LogP contribution >= 0.6 is 0 Å². The van der Waals surface area contributed by atoms with E-state index < -0.39 is 0 Å². The van der Waals surface area contributed by atoms with Gasteiger partial charge in [0.25, 0.3) is 0 Å². The lowest BCUT2D eigenvalue weighted by Gasteiger charge is -2.28. The molecule has 0 amide bonds. The van der Waals surface area contributed by atoms with E-state index in [1.807, 2.05) is 0 Å². The van der Waals surface area contributed by atoms with Crippen LogP contribution < -0.4 is 0 Å². The summed E-state index contributed by atoms with van der Waals surface area (Å²) in [5.74, 6) is 2.97. The Morgan fingerprint density at radius 2 is 1.09 bits per heavy atom. The molecule has 0 saturated heterocycles. The molecule has 272 valence electrons. The molecule has 0 aromatic heterocycles. The quantitative estimate of drug-likeness (QED) is 0.0973. The molecule has 0 spiro atoms. The van der Waals surface area contributed by atoms with E-state index >= 15 is 0 Å². The fraction of sp³-hybridized carbons (Fsp3) is 0.810. The van der Waals surface area contributed by atoms with Crippen LogP contribution in [0.25, 0.3) is 0 Å². The SMILES string of the molecule is C.C.C.C.CCC1C=C(CCCCCCCC(C)=O)CC(C(C)=O)C1.CCC1C=C(CCCCCCCC(C)=O)CCC1C(C)=O. The van der Waals surface area contributed by atoms with Gasteiger partial charge in [-0.2, -0.15) is 0 Å². The predicted molar refractivity (Wildman–Crippen MR) is 203 cm³/mol. The van der Waals surface area contributed by atoms with Crippen molar-refractivity contribution in [3.05, 3.63) is 23.3 Å². The molecule has 0 radical (unpaired) electrons. The molecule has 4 nitrogen and oxygen atoms in total. The Hall–Kier alpha value is -1.84. The molecule has 2 aliphatic carbocycles. The number of Topliss-reactive ketones (excluding diaryl/α,β-unsaturated/α-hetero) is 4. The van der Waals surface area contributed by atoms with Crippen LogP contribution in [0.5, 0.6) is 0 Å². The molecule has 0 aliphatic heterocycles. The normalized spacial score (nSPS) is 20.0. The molecule has 2 rings (SSSR count). The van der Waals surface area contributed by atoms with Crippen molar-refractivity contribution in [2.45, 2.75) is 200 Å². The van der Waals surface area contributed by atoms with Gasteiger partial charge in [0, 0.05) is 24.7 Å². The van der Waals surface area contributed by atoms with E-state index in [0.29, 0.717) is 35.0 Å². The van der Waals surface area contributed by atoms with Crippen LogP contribution in [-0.4, -0.2) is 23.1 Å². The van der Waals surface area contributed by atoms with Crippen LogP contribution in [0.15, 0.2) is 23.3 Å². The number of carbonyl (C=O) groups is 4. The molecule has 0 N–H and O–H groups in total. The van der Waals surface area contributed by atoms with E-state index in [-0.39, 0.29) is 41.5 Å². The van der Waals surface area contributed by atoms with Crippen LogP contribution in [0.3, 0.4) is 0 Å². The van der Waals surface area contributed by atoms with Crippen molar-refractivity contribution in [2.75, 3.05) is 0 Å². The van der Waals surface area contributed by atoms with E-state index in [9.17, 15) is 19.2 Å². The first kappa shape index (κ1) is 51.0. The maximum atomic E-state index is 11.7. The minimum Gasteiger partial charge on any atom is -0.300 e. The Labute approximate surface area is 288 Å². The standard InChI is InChI=1S/2C19H32O2.4CH4/c1-4-17-12-18(14-19(13-17)16(3)21)11-9-7-5-6-8-10-15(2)20;1-4-18-14-17(12-13-19(18)16(3)21)11-9-7-5-6-8-10-15(2)20;;;;/h12,17,19H,4-11,13-14H2,1-3H3;14,18-19H,4-13H2,1-3H3;4*1H4. The maximum Gasteiger partial charge on any atom is 0.133 e. The van der Waals surface area contributed by atoms with Crippen LogP contribution in [0.2, 0.25) is 0 Å². The topological polar surface area (TPSA) is 68.3 Å². The molecule has 46 heavy (non-hydrogen) atoms. The van der Waals surface area contributed by atoms with Crippen molar-refractivity contribution in [1.82, 2.24) is 0 Å². The molecular formula is C42H80O4. The molecule has 4 atom stereocenters. The maximum absolute atomic E-state index is 11.7. The van der Waals surface area contributed by atoms with E-state index in [1.165, 1.54) is 63.4 Å². The van der Waals surface area contributed by atoms with Crippen LogP contribution in [0, 0.1) is 23.7 Å². The van der Waals surface area contributed by atoms with Crippen molar-refractivity contribution >= 4 is 23.1 Å². The number of hydrogen-bond donors (Lipinski definition) is 0. The minimum absolute atomic E-state index is 0. The van der Waals surface area contributed by atoms with Gasteiger partial charge in [0.15, 0.2) is 0 Å². The summed E-state index contributed by atoms with van der Waals surface area (Å²) in [4.78, 5) is 45.0. The fourth-order valence-electron chi connectivity index (χ4n) is 6.70. The average molecular weight is 649 g/mol. The first-order valence-corrected chi connectivity index (χ1v) is 17.5. The molecule has 0 fully saturated rings. The Morgan fingerprint density at radius 3 is 1.52 bits per heavy atom. The number of allylic oxidation sites excluding steroid dienone is 4. The van der Waals surface area contributed by atoms with Crippen LogP contribution in [-0.2, 0) is 19.2 Å². The fourth-order valence-corrected chi connectivity index (χ4v) is 6.70. The highest BCUT2D eigenvalue weighted by molar-refractivity contribution is 5.79. The molecule has 0 aromatic rings. The summed E-state index contributed by atoms with van der Waals surface area (Å²) < 4.78 is 0.